The molecular formula is C38H47F2N2O3. The molecule has 45 heavy (non-hydrogen) atoms. The molecule has 4 rings (SSSR count). The Morgan fingerprint density at radius 1 is 0.911 bits per heavy atom. The summed E-state index contributed by atoms with van der Waals surface area (Å²) in [4.78, 5) is 12.7. The second-order valence-electron chi connectivity index (χ2n) is 12.7. The lowest BCUT2D eigenvalue weighted by atomic mass is 9.78. The number of ether oxygens (including phenoxy) is 2. The Hall–Kier alpha value is -3.87. The lowest BCUT2D eigenvalue weighted by molar-refractivity contribution is -0.225. The number of carbonyl (C=O) groups is 1. The van der Waals surface area contributed by atoms with Crippen molar-refractivity contribution in [2.24, 2.45) is 17.3 Å². The van der Waals surface area contributed by atoms with Crippen molar-refractivity contribution in [2.75, 3.05) is 18.1 Å². The third-order valence-corrected chi connectivity index (χ3v) is 8.66. The summed E-state index contributed by atoms with van der Waals surface area (Å²) in [7, 11) is 0. The quantitative estimate of drug-likeness (QED) is 0.0769. The molecule has 241 valence electrons. The Morgan fingerprint density at radius 3 is 2.09 bits per heavy atom. The first-order valence-electron chi connectivity index (χ1n) is 16.1. The third kappa shape index (κ3) is 10.9. The summed E-state index contributed by atoms with van der Waals surface area (Å²) in [6.45, 7) is 6.69. The predicted octanol–water partition coefficient (Wildman–Crippen LogP) is 9.07. The number of anilines is 2. The number of hydrogen-bond acceptors (Lipinski definition) is 5. The molecule has 0 aliphatic heterocycles. The standard InChI is InChI=1S/C38H47F2N2O3/c1-3-4-5-7-29-8-6-9-32(24-29)38(39,40)45-35-21-14-28(15-22-35)16-23-36(43)44-27-37(2,25-30-10-17-33(41)18-11-30)26-31-12-19-34(42)20-13-31/h10-23,29,32H,2-9,24-27,41-42H2,1H3/b23-16+. The normalized spacial score (nSPS) is 17.3. The summed E-state index contributed by atoms with van der Waals surface area (Å²) >= 11 is 0. The van der Waals surface area contributed by atoms with E-state index >= 15 is 8.78 Å². The maximum atomic E-state index is 15.1. The van der Waals surface area contributed by atoms with Gasteiger partial charge in [-0.2, -0.15) is 8.78 Å². The lowest BCUT2D eigenvalue weighted by Crippen LogP contribution is -2.37. The number of esters is 1. The number of rotatable bonds is 15. The highest BCUT2D eigenvalue weighted by molar-refractivity contribution is 5.87. The molecule has 3 aromatic carbocycles. The van der Waals surface area contributed by atoms with Gasteiger partial charge in [-0.15, -0.1) is 0 Å². The minimum Gasteiger partial charge on any atom is -0.462 e. The van der Waals surface area contributed by atoms with Crippen LogP contribution in [0.15, 0.2) is 78.9 Å². The van der Waals surface area contributed by atoms with Crippen LogP contribution in [0.25, 0.3) is 6.08 Å². The number of alkyl halides is 2. The fourth-order valence-corrected chi connectivity index (χ4v) is 6.17. The van der Waals surface area contributed by atoms with Gasteiger partial charge in [0.05, 0.1) is 12.5 Å². The van der Waals surface area contributed by atoms with E-state index in [9.17, 15) is 4.79 Å². The molecule has 0 aromatic heterocycles. The van der Waals surface area contributed by atoms with E-state index in [1.165, 1.54) is 18.2 Å². The number of halogens is 2. The van der Waals surface area contributed by atoms with Crippen molar-refractivity contribution in [3.8, 4) is 5.75 Å². The van der Waals surface area contributed by atoms with Gasteiger partial charge in [0.15, 0.2) is 0 Å². The molecule has 0 spiro atoms. The molecule has 1 aliphatic carbocycles. The zero-order valence-corrected chi connectivity index (χ0v) is 26.4. The van der Waals surface area contributed by atoms with Gasteiger partial charge in [-0.3, -0.25) is 0 Å². The Bertz CT molecular complexity index is 1320. The lowest BCUT2D eigenvalue weighted by Gasteiger charge is -2.34. The first-order chi connectivity index (χ1) is 21.5. The van der Waals surface area contributed by atoms with Crippen LogP contribution in [0.3, 0.4) is 0 Å². The van der Waals surface area contributed by atoms with Gasteiger partial charge >= 0.3 is 12.1 Å². The van der Waals surface area contributed by atoms with Crippen LogP contribution in [-0.4, -0.2) is 18.7 Å². The molecule has 7 heteroatoms. The molecular weight excluding hydrogens is 570 g/mol. The molecule has 1 saturated carbocycles. The van der Waals surface area contributed by atoms with Crippen molar-refractivity contribution in [1.29, 1.82) is 0 Å². The smallest absolute Gasteiger partial charge is 0.400 e. The number of nitrogens with two attached hydrogens (primary N) is 2. The maximum Gasteiger partial charge on any atom is 0.400 e. The third-order valence-electron chi connectivity index (χ3n) is 8.66. The van der Waals surface area contributed by atoms with Gasteiger partial charge in [-0.25, -0.2) is 4.79 Å². The van der Waals surface area contributed by atoms with Crippen molar-refractivity contribution in [3.63, 3.8) is 0 Å². The second kappa shape index (κ2) is 15.9. The highest BCUT2D eigenvalue weighted by Gasteiger charge is 2.44. The highest BCUT2D eigenvalue weighted by Crippen LogP contribution is 2.42. The van der Waals surface area contributed by atoms with Crippen LogP contribution < -0.4 is 16.2 Å². The summed E-state index contributed by atoms with van der Waals surface area (Å²) in [6.07, 6.45) is 8.09. The van der Waals surface area contributed by atoms with E-state index in [4.69, 9.17) is 20.9 Å². The Morgan fingerprint density at radius 2 is 1.51 bits per heavy atom. The molecule has 1 fully saturated rings. The van der Waals surface area contributed by atoms with Crippen molar-refractivity contribution in [1.82, 2.24) is 0 Å². The average Bonchev–Trinajstić information content (AvgIpc) is 3.02. The number of carbonyl (C=O) groups excluding carboxylic acids is 1. The van der Waals surface area contributed by atoms with E-state index < -0.39 is 23.4 Å². The largest absolute Gasteiger partial charge is 0.462 e. The molecule has 2 atom stereocenters. The molecule has 4 N–H and O–H groups in total. The molecule has 0 bridgehead atoms. The highest BCUT2D eigenvalue weighted by atomic mass is 19.3. The van der Waals surface area contributed by atoms with E-state index in [2.05, 4.69) is 13.8 Å². The van der Waals surface area contributed by atoms with Crippen molar-refractivity contribution in [2.45, 2.75) is 77.2 Å². The van der Waals surface area contributed by atoms with Crippen LogP contribution in [0, 0.1) is 24.2 Å². The first-order valence-corrected chi connectivity index (χ1v) is 16.1. The minimum absolute atomic E-state index is 0.0907. The van der Waals surface area contributed by atoms with Gasteiger partial charge in [0.25, 0.3) is 0 Å². The second-order valence-corrected chi connectivity index (χ2v) is 12.7. The number of benzene rings is 3. The summed E-state index contributed by atoms with van der Waals surface area (Å²) in [6, 6.07) is 21.5. The number of hydrogen-bond donors (Lipinski definition) is 2. The summed E-state index contributed by atoms with van der Waals surface area (Å²) in [5, 5.41) is 0. The summed E-state index contributed by atoms with van der Waals surface area (Å²) in [5.74, 6) is -0.830. The average molecular weight is 618 g/mol. The monoisotopic (exact) mass is 617 g/mol. The minimum atomic E-state index is -3.22. The van der Waals surface area contributed by atoms with E-state index in [0.29, 0.717) is 48.5 Å². The summed E-state index contributed by atoms with van der Waals surface area (Å²) < 4.78 is 41.0. The molecule has 2 unspecified atom stereocenters. The van der Waals surface area contributed by atoms with Crippen LogP contribution >= 0.6 is 0 Å². The van der Waals surface area contributed by atoms with Crippen LogP contribution in [-0.2, 0) is 22.4 Å². The fraction of sp³-hybridized carbons (Fsp3) is 0.421. The van der Waals surface area contributed by atoms with Gasteiger partial charge in [-0.05, 0) is 97.7 Å². The Balaban J connectivity index is 1.32. The van der Waals surface area contributed by atoms with Gasteiger partial charge in [0, 0.05) is 22.9 Å². The molecule has 0 saturated heterocycles. The molecule has 1 radical (unpaired) electrons. The van der Waals surface area contributed by atoms with Crippen LogP contribution in [0.5, 0.6) is 5.75 Å². The Kier molecular flexibility index (Phi) is 12.0. The molecule has 5 nitrogen and oxygen atoms in total. The fourth-order valence-electron chi connectivity index (χ4n) is 6.17. The number of unbranched alkanes of at least 4 members (excludes halogenated alkanes) is 2. The SMILES string of the molecule is [CH2]C(COC(=O)/C=C/c1ccc(OC(F)(F)C2CCCC(CCCCC)C2)cc1)(Cc1ccc(N)cc1)Cc1ccc(N)cc1. The van der Waals surface area contributed by atoms with E-state index in [-0.39, 0.29) is 12.4 Å². The Labute approximate surface area is 267 Å². The number of nitrogen functional groups attached to an aromatic ring is 2. The van der Waals surface area contributed by atoms with Crippen molar-refractivity contribution < 1.29 is 23.0 Å². The van der Waals surface area contributed by atoms with Crippen LogP contribution in [0.2, 0.25) is 0 Å². The molecule has 0 heterocycles. The van der Waals surface area contributed by atoms with Gasteiger partial charge < -0.3 is 20.9 Å². The zero-order chi connectivity index (χ0) is 32.3. The van der Waals surface area contributed by atoms with E-state index in [1.807, 2.05) is 48.5 Å². The van der Waals surface area contributed by atoms with Gasteiger partial charge in [-0.1, -0.05) is 81.8 Å². The van der Waals surface area contributed by atoms with Gasteiger partial charge in [0.2, 0.25) is 0 Å². The predicted molar refractivity (Wildman–Crippen MR) is 179 cm³/mol. The molecule has 1 aliphatic rings. The first kappa shape index (κ1) is 34.0. The maximum absolute atomic E-state index is 15.1. The van der Waals surface area contributed by atoms with Crippen molar-refractivity contribution in [3.05, 3.63) is 102 Å². The zero-order valence-electron chi connectivity index (χ0n) is 26.4. The summed E-state index contributed by atoms with van der Waals surface area (Å²) in [5.41, 5.74) is 15.1. The van der Waals surface area contributed by atoms with E-state index in [0.717, 1.165) is 49.7 Å². The van der Waals surface area contributed by atoms with Crippen molar-refractivity contribution >= 4 is 23.4 Å². The van der Waals surface area contributed by atoms with Crippen LogP contribution in [0.4, 0.5) is 20.2 Å². The molecule has 3 aromatic rings. The molecule has 0 amide bonds. The van der Waals surface area contributed by atoms with Gasteiger partial charge in [0.1, 0.15) is 5.75 Å². The van der Waals surface area contributed by atoms with Crippen LogP contribution in [0.1, 0.15) is 75.0 Å². The topological polar surface area (TPSA) is 87.6 Å². The van der Waals surface area contributed by atoms with E-state index in [1.54, 1.807) is 18.2 Å².